The third-order valence-electron chi connectivity index (χ3n) is 2.97. The molecular formula is C15H17F2N3O4. The van der Waals surface area contributed by atoms with Gasteiger partial charge in [0, 0.05) is 13.0 Å². The number of carboxylic acid groups (broad SMARTS) is 1. The molecule has 0 aliphatic rings. The molecule has 0 radical (unpaired) electrons. The molecule has 0 bridgehead atoms. The molecule has 0 unspecified atom stereocenters. The van der Waals surface area contributed by atoms with Crippen LogP contribution in [0.4, 0.5) is 13.6 Å². The van der Waals surface area contributed by atoms with Gasteiger partial charge in [-0.3, -0.25) is 0 Å². The fourth-order valence-electron chi connectivity index (χ4n) is 2.04. The van der Waals surface area contributed by atoms with E-state index >= 15 is 0 Å². The maximum atomic E-state index is 13.8. The Labute approximate surface area is 136 Å². The largest absolute Gasteiger partial charge is 0.478 e. The van der Waals surface area contributed by atoms with E-state index in [0.717, 1.165) is 0 Å². The third-order valence-corrected chi connectivity index (χ3v) is 2.97. The van der Waals surface area contributed by atoms with Crippen LogP contribution < -0.4 is 5.32 Å². The van der Waals surface area contributed by atoms with Gasteiger partial charge in [-0.15, -0.1) is 0 Å². The summed E-state index contributed by atoms with van der Waals surface area (Å²) in [5, 5.41) is 11.5. The molecule has 9 heteroatoms. The number of carboxylic acids is 1. The van der Waals surface area contributed by atoms with Gasteiger partial charge in [0.2, 0.25) is 0 Å². The van der Waals surface area contributed by atoms with Crippen molar-refractivity contribution in [2.45, 2.75) is 32.8 Å². The van der Waals surface area contributed by atoms with Gasteiger partial charge in [-0.25, -0.2) is 23.4 Å². The molecule has 1 heterocycles. The lowest BCUT2D eigenvalue weighted by atomic mass is 10.1. The molecule has 0 saturated carbocycles. The Morgan fingerprint density at radius 3 is 2.62 bits per heavy atom. The SMILES string of the molecule is CC(C)(C)OC(=O)NCCc1nc2c(F)c(F)cc(C(=O)O)c2[nH]1. The number of aromatic carboxylic acids is 1. The zero-order chi connectivity index (χ0) is 18.1. The van der Waals surface area contributed by atoms with E-state index in [2.05, 4.69) is 15.3 Å². The van der Waals surface area contributed by atoms with Crippen molar-refractivity contribution in [1.29, 1.82) is 0 Å². The number of aromatic amines is 1. The highest BCUT2D eigenvalue weighted by molar-refractivity contribution is 6.01. The highest BCUT2D eigenvalue weighted by Crippen LogP contribution is 2.23. The first kappa shape index (κ1) is 17.6. The first-order valence-electron chi connectivity index (χ1n) is 7.15. The van der Waals surface area contributed by atoms with Crippen LogP contribution in [-0.2, 0) is 11.2 Å². The molecule has 0 aliphatic carbocycles. The van der Waals surface area contributed by atoms with Crippen molar-refractivity contribution >= 4 is 23.1 Å². The Morgan fingerprint density at radius 1 is 1.38 bits per heavy atom. The van der Waals surface area contributed by atoms with Gasteiger partial charge >= 0.3 is 12.1 Å². The molecule has 2 aromatic rings. The average Bonchev–Trinajstić information content (AvgIpc) is 2.84. The van der Waals surface area contributed by atoms with Crippen LogP contribution in [0, 0.1) is 11.6 Å². The number of hydrogen-bond donors (Lipinski definition) is 3. The summed E-state index contributed by atoms with van der Waals surface area (Å²) in [5.41, 5.74) is -1.54. The highest BCUT2D eigenvalue weighted by Gasteiger charge is 2.20. The quantitative estimate of drug-likeness (QED) is 0.793. The standard InChI is InChI=1S/C15H17F2N3O4/c1-15(2,3)24-14(23)18-5-4-9-19-11-7(13(21)22)6-8(16)10(17)12(11)20-9/h6H,4-5H2,1-3H3,(H,18,23)(H,19,20)(H,21,22). The third kappa shape index (κ3) is 3.98. The van der Waals surface area contributed by atoms with Crippen LogP contribution in [0.15, 0.2) is 6.07 Å². The fraction of sp³-hybridized carbons (Fsp3) is 0.400. The van der Waals surface area contributed by atoms with Gasteiger partial charge in [0.15, 0.2) is 11.6 Å². The summed E-state index contributed by atoms with van der Waals surface area (Å²) in [6.07, 6.45) is -0.462. The normalized spacial score (nSPS) is 11.5. The van der Waals surface area contributed by atoms with Crippen LogP contribution in [-0.4, -0.2) is 39.3 Å². The van der Waals surface area contributed by atoms with Crippen LogP contribution in [0.2, 0.25) is 0 Å². The summed E-state index contributed by atoms with van der Waals surface area (Å²) in [6.45, 7) is 5.28. The summed E-state index contributed by atoms with van der Waals surface area (Å²) in [7, 11) is 0. The Bertz CT molecular complexity index is 796. The number of nitrogens with zero attached hydrogens (tertiary/aromatic N) is 1. The van der Waals surface area contributed by atoms with E-state index in [1.54, 1.807) is 20.8 Å². The second-order valence-corrected chi connectivity index (χ2v) is 6.11. The number of carbonyl (C=O) groups excluding carboxylic acids is 1. The minimum atomic E-state index is -1.40. The van der Waals surface area contributed by atoms with Crippen LogP contribution in [0.3, 0.4) is 0 Å². The molecule has 1 aromatic carbocycles. The Morgan fingerprint density at radius 2 is 2.04 bits per heavy atom. The van der Waals surface area contributed by atoms with E-state index in [9.17, 15) is 18.4 Å². The number of imidazole rings is 1. The summed E-state index contributed by atoms with van der Waals surface area (Å²) in [4.78, 5) is 29.1. The van der Waals surface area contributed by atoms with Crippen LogP contribution in [0.1, 0.15) is 37.0 Å². The fourth-order valence-corrected chi connectivity index (χ4v) is 2.04. The predicted octanol–water partition coefficient (Wildman–Crippen LogP) is 2.61. The maximum absolute atomic E-state index is 13.8. The lowest BCUT2D eigenvalue weighted by Crippen LogP contribution is -2.33. The first-order valence-corrected chi connectivity index (χ1v) is 7.15. The van der Waals surface area contributed by atoms with Crippen molar-refractivity contribution in [3.05, 3.63) is 29.1 Å². The predicted molar refractivity (Wildman–Crippen MR) is 80.9 cm³/mol. The van der Waals surface area contributed by atoms with Crippen LogP contribution in [0.25, 0.3) is 11.0 Å². The topological polar surface area (TPSA) is 104 Å². The number of hydrogen-bond acceptors (Lipinski definition) is 4. The molecule has 0 spiro atoms. The second-order valence-electron chi connectivity index (χ2n) is 6.11. The molecular weight excluding hydrogens is 324 g/mol. The minimum absolute atomic E-state index is 0.103. The van der Waals surface area contributed by atoms with E-state index in [1.807, 2.05) is 0 Å². The van der Waals surface area contributed by atoms with E-state index in [1.165, 1.54) is 0 Å². The zero-order valence-electron chi connectivity index (χ0n) is 13.4. The molecule has 0 atom stereocenters. The molecule has 24 heavy (non-hydrogen) atoms. The number of amides is 1. The van der Waals surface area contributed by atoms with Crippen LogP contribution >= 0.6 is 0 Å². The van der Waals surface area contributed by atoms with Gasteiger partial charge < -0.3 is 20.1 Å². The van der Waals surface area contributed by atoms with Gasteiger partial charge in [-0.1, -0.05) is 0 Å². The number of fused-ring (bicyclic) bond motifs is 1. The molecule has 3 N–H and O–H groups in total. The summed E-state index contributed by atoms with van der Waals surface area (Å²) < 4.78 is 32.2. The summed E-state index contributed by atoms with van der Waals surface area (Å²) in [5.74, 6) is -3.70. The van der Waals surface area contributed by atoms with Gasteiger partial charge in [-0.2, -0.15) is 0 Å². The Balaban J connectivity index is 2.14. The number of rotatable bonds is 4. The summed E-state index contributed by atoms with van der Waals surface area (Å²) in [6, 6.07) is 0.598. The van der Waals surface area contributed by atoms with Gasteiger partial charge in [0.25, 0.3) is 0 Å². The molecule has 1 aromatic heterocycles. The van der Waals surface area contributed by atoms with Crippen LogP contribution in [0.5, 0.6) is 0 Å². The van der Waals surface area contributed by atoms with Crippen molar-refractivity contribution in [2.75, 3.05) is 6.54 Å². The molecule has 130 valence electrons. The molecule has 1 amide bonds. The number of ether oxygens (including phenoxy) is 1. The lowest BCUT2D eigenvalue weighted by molar-refractivity contribution is 0.0527. The summed E-state index contributed by atoms with van der Waals surface area (Å²) >= 11 is 0. The maximum Gasteiger partial charge on any atom is 0.407 e. The number of carbonyl (C=O) groups is 2. The smallest absolute Gasteiger partial charge is 0.407 e. The van der Waals surface area contributed by atoms with Crippen molar-refractivity contribution in [1.82, 2.24) is 15.3 Å². The monoisotopic (exact) mass is 341 g/mol. The van der Waals surface area contributed by atoms with Crippen molar-refractivity contribution in [3.63, 3.8) is 0 Å². The second kappa shape index (κ2) is 6.42. The number of H-pyrrole nitrogens is 1. The van der Waals surface area contributed by atoms with E-state index in [0.29, 0.717) is 6.07 Å². The minimum Gasteiger partial charge on any atom is -0.478 e. The first-order chi connectivity index (χ1) is 11.1. The molecule has 7 nitrogen and oxygen atoms in total. The van der Waals surface area contributed by atoms with E-state index in [-0.39, 0.29) is 29.8 Å². The number of halogens is 2. The highest BCUT2D eigenvalue weighted by atomic mass is 19.2. The van der Waals surface area contributed by atoms with E-state index in [4.69, 9.17) is 9.84 Å². The Hall–Kier alpha value is -2.71. The number of aromatic nitrogens is 2. The van der Waals surface area contributed by atoms with E-state index < -0.39 is 34.9 Å². The number of alkyl carbamates (subject to hydrolysis) is 1. The van der Waals surface area contributed by atoms with Gasteiger partial charge in [-0.05, 0) is 26.8 Å². The molecule has 0 aliphatic heterocycles. The zero-order valence-corrected chi connectivity index (χ0v) is 13.4. The van der Waals surface area contributed by atoms with Gasteiger partial charge in [0.05, 0.1) is 11.1 Å². The lowest BCUT2D eigenvalue weighted by Gasteiger charge is -2.19. The number of nitrogens with one attached hydrogen (secondary N) is 2. The average molecular weight is 341 g/mol. The Kier molecular flexibility index (Phi) is 4.72. The number of benzene rings is 1. The van der Waals surface area contributed by atoms with Gasteiger partial charge in [0.1, 0.15) is 16.9 Å². The molecule has 2 rings (SSSR count). The molecule has 0 fully saturated rings. The van der Waals surface area contributed by atoms with Crippen molar-refractivity contribution in [3.8, 4) is 0 Å². The van der Waals surface area contributed by atoms with Crippen molar-refractivity contribution in [2.24, 2.45) is 0 Å². The molecule has 0 saturated heterocycles. The van der Waals surface area contributed by atoms with Crippen molar-refractivity contribution < 1.29 is 28.2 Å².